The standard InChI is InChI=1S/C16H21NO4/c1-10(13-5-3-4-6-14(13)21-2)17-15(18)11-7-8-12(9-11)16(19)20/h3-6,10-12H,7-9H2,1-2H3,(H,17,18)(H,19,20)/t10-,11+,12-/m0/s1. The maximum Gasteiger partial charge on any atom is 0.306 e. The fraction of sp³-hybridized carbons (Fsp3) is 0.500. The number of aliphatic carboxylic acids is 1. The minimum Gasteiger partial charge on any atom is -0.496 e. The summed E-state index contributed by atoms with van der Waals surface area (Å²) in [6.07, 6.45) is 1.65. The summed E-state index contributed by atoms with van der Waals surface area (Å²) in [4.78, 5) is 23.2. The Morgan fingerprint density at radius 2 is 1.95 bits per heavy atom. The smallest absolute Gasteiger partial charge is 0.306 e. The number of ether oxygens (including phenoxy) is 1. The number of carbonyl (C=O) groups excluding carboxylic acids is 1. The number of rotatable bonds is 5. The van der Waals surface area contributed by atoms with Gasteiger partial charge in [0.25, 0.3) is 0 Å². The zero-order valence-corrected chi connectivity index (χ0v) is 12.3. The summed E-state index contributed by atoms with van der Waals surface area (Å²) >= 11 is 0. The molecule has 0 heterocycles. The van der Waals surface area contributed by atoms with Gasteiger partial charge in [0.15, 0.2) is 0 Å². The number of carbonyl (C=O) groups is 2. The van der Waals surface area contributed by atoms with Crippen LogP contribution in [0.2, 0.25) is 0 Å². The van der Waals surface area contributed by atoms with Crippen molar-refractivity contribution in [3.8, 4) is 5.75 Å². The van der Waals surface area contributed by atoms with Crippen molar-refractivity contribution in [2.75, 3.05) is 7.11 Å². The van der Waals surface area contributed by atoms with Gasteiger partial charge in [-0.3, -0.25) is 9.59 Å². The quantitative estimate of drug-likeness (QED) is 0.873. The number of hydrogen-bond donors (Lipinski definition) is 2. The van der Waals surface area contributed by atoms with Gasteiger partial charge in [-0.25, -0.2) is 0 Å². The lowest BCUT2D eigenvalue weighted by Crippen LogP contribution is -2.32. The molecule has 5 heteroatoms. The topological polar surface area (TPSA) is 75.6 Å². The lowest BCUT2D eigenvalue weighted by atomic mass is 10.0. The number of benzene rings is 1. The molecule has 1 fully saturated rings. The van der Waals surface area contributed by atoms with E-state index < -0.39 is 5.97 Å². The van der Waals surface area contributed by atoms with E-state index in [0.29, 0.717) is 19.3 Å². The molecule has 1 aromatic rings. The normalized spacial score (nSPS) is 22.6. The predicted molar refractivity (Wildman–Crippen MR) is 78.0 cm³/mol. The first kappa shape index (κ1) is 15.4. The molecule has 0 unspecified atom stereocenters. The van der Waals surface area contributed by atoms with E-state index in [2.05, 4.69) is 5.32 Å². The second-order valence-electron chi connectivity index (χ2n) is 5.52. The van der Waals surface area contributed by atoms with Gasteiger partial charge in [-0.15, -0.1) is 0 Å². The molecule has 1 amide bonds. The molecule has 1 aliphatic rings. The summed E-state index contributed by atoms with van der Waals surface area (Å²) in [6.45, 7) is 1.90. The Morgan fingerprint density at radius 1 is 1.29 bits per heavy atom. The van der Waals surface area contributed by atoms with Crippen LogP contribution in [0.25, 0.3) is 0 Å². The van der Waals surface area contributed by atoms with Crippen LogP contribution < -0.4 is 10.1 Å². The molecule has 0 aromatic heterocycles. The average Bonchev–Trinajstić information content (AvgIpc) is 2.97. The van der Waals surface area contributed by atoms with Gasteiger partial charge in [0.2, 0.25) is 5.91 Å². The van der Waals surface area contributed by atoms with Gasteiger partial charge >= 0.3 is 5.97 Å². The summed E-state index contributed by atoms with van der Waals surface area (Å²) in [5.41, 5.74) is 0.918. The number of amides is 1. The minimum absolute atomic E-state index is 0.0721. The number of methoxy groups -OCH3 is 1. The summed E-state index contributed by atoms with van der Waals surface area (Å²) in [5.74, 6) is -0.731. The Balaban J connectivity index is 1.98. The van der Waals surface area contributed by atoms with Gasteiger partial charge in [0, 0.05) is 11.5 Å². The Bertz CT molecular complexity index is 529. The van der Waals surface area contributed by atoms with Crippen LogP contribution in [0.4, 0.5) is 0 Å². The molecule has 114 valence electrons. The number of carboxylic acids is 1. The highest BCUT2D eigenvalue weighted by Gasteiger charge is 2.34. The van der Waals surface area contributed by atoms with E-state index in [1.807, 2.05) is 31.2 Å². The van der Waals surface area contributed by atoms with Crippen LogP contribution in [0.5, 0.6) is 5.75 Å². The minimum atomic E-state index is -0.803. The Hall–Kier alpha value is -2.04. The van der Waals surface area contributed by atoms with Crippen molar-refractivity contribution >= 4 is 11.9 Å². The Kier molecular flexibility index (Phi) is 4.83. The molecule has 1 aliphatic carbocycles. The molecule has 2 rings (SSSR count). The highest BCUT2D eigenvalue weighted by Crippen LogP contribution is 2.32. The second-order valence-corrected chi connectivity index (χ2v) is 5.52. The number of para-hydroxylation sites is 1. The lowest BCUT2D eigenvalue weighted by Gasteiger charge is -2.19. The maximum absolute atomic E-state index is 12.3. The molecule has 0 spiro atoms. The first-order valence-corrected chi connectivity index (χ1v) is 7.19. The molecule has 0 saturated heterocycles. The lowest BCUT2D eigenvalue weighted by molar-refractivity contribution is -0.141. The Labute approximate surface area is 124 Å². The van der Waals surface area contributed by atoms with E-state index in [1.54, 1.807) is 7.11 Å². The van der Waals surface area contributed by atoms with E-state index in [1.165, 1.54) is 0 Å². The molecule has 0 bridgehead atoms. The van der Waals surface area contributed by atoms with E-state index >= 15 is 0 Å². The summed E-state index contributed by atoms with van der Waals surface area (Å²) < 4.78 is 5.29. The molecule has 0 radical (unpaired) electrons. The fourth-order valence-electron chi connectivity index (χ4n) is 2.88. The fourth-order valence-corrected chi connectivity index (χ4v) is 2.88. The summed E-state index contributed by atoms with van der Waals surface area (Å²) in [5, 5.41) is 12.0. The molecular formula is C16H21NO4. The van der Waals surface area contributed by atoms with Crippen molar-refractivity contribution in [1.82, 2.24) is 5.32 Å². The zero-order valence-electron chi connectivity index (χ0n) is 12.3. The molecule has 0 aliphatic heterocycles. The first-order valence-electron chi connectivity index (χ1n) is 7.19. The third-order valence-corrected chi connectivity index (χ3v) is 4.12. The van der Waals surface area contributed by atoms with Crippen LogP contribution in [0.15, 0.2) is 24.3 Å². The maximum atomic E-state index is 12.3. The van der Waals surface area contributed by atoms with Gasteiger partial charge in [-0.05, 0) is 32.3 Å². The van der Waals surface area contributed by atoms with Crippen LogP contribution in [0, 0.1) is 11.8 Å². The van der Waals surface area contributed by atoms with Crippen molar-refractivity contribution in [1.29, 1.82) is 0 Å². The van der Waals surface area contributed by atoms with Crippen LogP contribution in [0.3, 0.4) is 0 Å². The third-order valence-electron chi connectivity index (χ3n) is 4.12. The van der Waals surface area contributed by atoms with E-state index in [-0.39, 0.29) is 23.8 Å². The van der Waals surface area contributed by atoms with E-state index in [4.69, 9.17) is 9.84 Å². The number of nitrogens with one attached hydrogen (secondary N) is 1. The third kappa shape index (κ3) is 3.54. The zero-order chi connectivity index (χ0) is 15.4. The Morgan fingerprint density at radius 3 is 2.57 bits per heavy atom. The van der Waals surface area contributed by atoms with Crippen molar-refractivity contribution in [2.45, 2.75) is 32.2 Å². The number of hydrogen-bond acceptors (Lipinski definition) is 3. The van der Waals surface area contributed by atoms with Gasteiger partial charge in [-0.1, -0.05) is 18.2 Å². The highest BCUT2D eigenvalue weighted by molar-refractivity contribution is 5.81. The van der Waals surface area contributed by atoms with Crippen LogP contribution >= 0.6 is 0 Å². The average molecular weight is 291 g/mol. The van der Waals surface area contributed by atoms with Crippen LogP contribution in [-0.4, -0.2) is 24.1 Å². The molecule has 5 nitrogen and oxygen atoms in total. The molecule has 1 aromatic carbocycles. The largest absolute Gasteiger partial charge is 0.496 e. The van der Waals surface area contributed by atoms with Gasteiger partial charge < -0.3 is 15.2 Å². The molecule has 2 N–H and O–H groups in total. The monoisotopic (exact) mass is 291 g/mol. The molecule has 3 atom stereocenters. The first-order chi connectivity index (χ1) is 10.0. The SMILES string of the molecule is COc1ccccc1[C@H](C)NC(=O)[C@@H]1CC[C@H](C(=O)O)C1. The summed E-state index contributed by atoms with van der Waals surface area (Å²) in [7, 11) is 1.60. The number of carboxylic acid groups (broad SMARTS) is 1. The predicted octanol–water partition coefficient (Wildman–Crippen LogP) is 2.37. The molecule has 1 saturated carbocycles. The molecular weight excluding hydrogens is 270 g/mol. The van der Waals surface area contributed by atoms with Crippen molar-refractivity contribution in [3.05, 3.63) is 29.8 Å². The molecule has 21 heavy (non-hydrogen) atoms. The highest BCUT2D eigenvalue weighted by atomic mass is 16.5. The van der Waals surface area contributed by atoms with Gasteiger partial charge in [-0.2, -0.15) is 0 Å². The van der Waals surface area contributed by atoms with E-state index in [9.17, 15) is 9.59 Å². The van der Waals surface area contributed by atoms with Crippen molar-refractivity contribution in [2.24, 2.45) is 11.8 Å². The van der Waals surface area contributed by atoms with Gasteiger partial charge in [0.05, 0.1) is 19.1 Å². The summed E-state index contributed by atoms with van der Waals surface area (Å²) in [6, 6.07) is 7.38. The van der Waals surface area contributed by atoms with Crippen LogP contribution in [0.1, 0.15) is 37.8 Å². The second kappa shape index (κ2) is 6.61. The van der Waals surface area contributed by atoms with E-state index in [0.717, 1.165) is 11.3 Å². The van der Waals surface area contributed by atoms with Crippen molar-refractivity contribution in [3.63, 3.8) is 0 Å². The van der Waals surface area contributed by atoms with Crippen molar-refractivity contribution < 1.29 is 19.4 Å². The van der Waals surface area contributed by atoms with Crippen LogP contribution in [-0.2, 0) is 9.59 Å². The van der Waals surface area contributed by atoms with Gasteiger partial charge in [0.1, 0.15) is 5.75 Å².